The first-order chi connectivity index (χ1) is 10.2. The third-order valence-electron chi connectivity index (χ3n) is 5.12. The third-order valence-corrected chi connectivity index (χ3v) is 24.2. The maximum absolute atomic E-state index is 6.46. The second kappa shape index (κ2) is 11.5. The van der Waals surface area contributed by atoms with Crippen molar-refractivity contribution in [1.82, 2.24) is 0 Å². The third kappa shape index (κ3) is 8.19. The number of rotatable bonds is 12. The van der Waals surface area contributed by atoms with E-state index in [0.717, 1.165) is 3.93 Å². The van der Waals surface area contributed by atoms with Crippen LogP contribution in [-0.4, -0.2) is 32.0 Å². The Balaban J connectivity index is 5.49. The number of unbranched alkanes of at least 4 members (excludes halogenated alkanes) is 2. The van der Waals surface area contributed by atoms with Crippen molar-refractivity contribution in [2.75, 3.05) is 4.62 Å². The Morgan fingerprint density at radius 1 is 0.909 bits per heavy atom. The molecule has 134 valence electrons. The molecule has 0 radical (unpaired) electrons. The SMILES string of the molecule is CCC[CH2][Sn]([CH2]CCC)([CH2]O[SiH](C)C)[CH](CCC)C(C)(C)C. The number of hydrogen-bond donors (Lipinski definition) is 0. The Bertz CT molecular complexity index is 265. The van der Waals surface area contributed by atoms with Gasteiger partial charge in [0.2, 0.25) is 0 Å². The van der Waals surface area contributed by atoms with E-state index in [-0.39, 0.29) is 0 Å². The van der Waals surface area contributed by atoms with E-state index in [2.05, 4.69) is 54.6 Å². The molecule has 0 rings (SSSR count). The van der Waals surface area contributed by atoms with Crippen molar-refractivity contribution < 1.29 is 4.43 Å². The predicted molar refractivity (Wildman–Crippen MR) is 108 cm³/mol. The topological polar surface area (TPSA) is 9.23 Å². The Morgan fingerprint density at radius 3 is 1.73 bits per heavy atom. The standard InChI is InChI=1S/C8H17.2C4H9.C3H9OSi.Sn/c1-5-6-7-8(2,3)4;2*1-3-4-2;1-4-5(2)3;/h7H,5-6H2,1-4H3;2*1,3-4H2,2H3;5H,1H2,2-3H3;. The summed E-state index contributed by atoms with van der Waals surface area (Å²) in [6.07, 6.45) is 8.38. The van der Waals surface area contributed by atoms with Gasteiger partial charge in [-0.1, -0.05) is 0 Å². The van der Waals surface area contributed by atoms with Crippen molar-refractivity contribution in [3.8, 4) is 0 Å². The summed E-state index contributed by atoms with van der Waals surface area (Å²) in [7, 11) is -0.901. The normalized spacial score (nSPS) is 14.6. The average molecular weight is 435 g/mol. The molecule has 0 saturated carbocycles. The van der Waals surface area contributed by atoms with Crippen molar-refractivity contribution in [2.24, 2.45) is 5.41 Å². The predicted octanol–water partition coefficient (Wildman–Crippen LogP) is 6.79. The molecule has 0 aliphatic heterocycles. The molecular weight excluding hydrogens is 391 g/mol. The van der Waals surface area contributed by atoms with E-state index >= 15 is 0 Å². The van der Waals surface area contributed by atoms with Gasteiger partial charge < -0.3 is 0 Å². The Hall–Kier alpha value is 0.976. The molecule has 22 heavy (non-hydrogen) atoms. The summed E-state index contributed by atoms with van der Waals surface area (Å²) >= 11 is -2.28. The minimum atomic E-state index is -2.28. The molecule has 0 saturated heterocycles. The summed E-state index contributed by atoms with van der Waals surface area (Å²) in [5.41, 5.74) is 0.468. The van der Waals surface area contributed by atoms with Crippen LogP contribution in [0.15, 0.2) is 0 Å². The van der Waals surface area contributed by atoms with E-state index in [0.29, 0.717) is 5.41 Å². The molecule has 0 aliphatic rings. The van der Waals surface area contributed by atoms with Gasteiger partial charge in [-0.3, -0.25) is 0 Å². The van der Waals surface area contributed by atoms with E-state index in [4.69, 9.17) is 4.43 Å². The Labute approximate surface area is 147 Å². The minimum absolute atomic E-state index is 0.468. The molecular formula is C19H44OSiSn. The summed E-state index contributed by atoms with van der Waals surface area (Å²) in [6.45, 7) is 19.3. The van der Waals surface area contributed by atoms with Crippen molar-refractivity contribution in [3.05, 3.63) is 0 Å². The molecule has 0 spiro atoms. The van der Waals surface area contributed by atoms with Crippen LogP contribution in [0.2, 0.25) is 25.9 Å². The van der Waals surface area contributed by atoms with Gasteiger partial charge in [-0.15, -0.1) is 0 Å². The van der Waals surface area contributed by atoms with E-state index < -0.39 is 27.4 Å². The summed E-state index contributed by atoms with van der Waals surface area (Å²) in [5.74, 6) is 0. The quantitative estimate of drug-likeness (QED) is 0.307. The molecule has 0 aromatic heterocycles. The second-order valence-corrected chi connectivity index (χ2v) is 24.5. The van der Waals surface area contributed by atoms with Crippen LogP contribution < -0.4 is 0 Å². The molecule has 1 nitrogen and oxygen atoms in total. The van der Waals surface area contributed by atoms with Gasteiger partial charge in [-0.25, -0.2) is 0 Å². The fourth-order valence-corrected chi connectivity index (χ4v) is 28.4. The van der Waals surface area contributed by atoms with Gasteiger partial charge in [0.05, 0.1) is 0 Å². The first-order valence-electron chi connectivity index (χ1n) is 9.85. The fourth-order valence-electron chi connectivity index (χ4n) is 4.06. The molecule has 0 aliphatic carbocycles. The summed E-state index contributed by atoms with van der Waals surface area (Å²) in [4.78, 5) is 0. The zero-order valence-electron chi connectivity index (χ0n) is 16.9. The molecule has 0 aromatic rings. The first-order valence-corrected chi connectivity index (χ1v) is 20.3. The van der Waals surface area contributed by atoms with Gasteiger partial charge in [0.15, 0.2) is 0 Å². The van der Waals surface area contributed by atoms with Gasteiger partial charge in [-0.05, 0) is 0 Å². The van der Waals surface area contributed by atoms with Gasteiger partial charge in [-0.2, -0.15) is 0 Å². The maximum atomic E-state index is 6.46. The van der Waals surface area contributed by atoms with Crippen LogP contribution in [0.4, 0.5) is 0 Å². The summed E-state index contributed by atoms with van der Waals surface area (Å²) in [5, 5.41) is 0. The van der Waals surface area contributed by atoms with Gasteiger partial charge in [0.25, 0.3) is 0 Å². The van der Waals surface area contributed by atoms with E-state index in [1.807, 2.05) is 0 Å². The summed E-state index contributed by atoms with van der Waals surface area (Å²) in [6, 6.07) is 0. The van der Waals surface area contributed by atoms with Crippen molar-refractivity contribution in [1.29, 1.82) is 0 Å². The van der Waals surface area contributed by atoms with Crippen molar-refractivity contribution >= 4 is 27.4 Å². The van der Waals surface area contributed by atoms with Crippen LogP contribution in [0.25, 0.3) is 0 Å². The average Bonchev–Trinajstić information content (AvgIpc) is 2.43. The van der Waals surface area contributed by atoms with Crippen LogP contribution in [-0.2, 0) is 4.43 Å². The fraction of sp³-hybridized carbons (Fsp3) is 1.00. The van der Waals surface area contributed by atoms with Crippen LogP contribution in [0.5, 0.6) is 0 Å². The molecule has 3 heteroatoms. The van der Waals surface area contributed by atoms with E-state index in [1.54, 1.807) is 8.87 Å². The molecule has 0 aromatic carbocycles. The molecule has 0 amide bonds. The van der Waals surface area contributed by atoms with Gasteiger partial charge >= 0.3 is 148 Å². The molecule has 0 fully saturated rings. The number of hydrogen-bond acceptors (Lipinski definition) is 1. The molecule has 0 bridgehead atoms. The van der Waals surface area contributed by atoms with Gasteiger partial charge in [0.1, 0.15) is 0 Å². The molecule has 0 heterocycles. The Morgan fingerprint density at radius 2 is 1.41 bits per heavy atom. The molecule has 1 unspecified atom stereocenters. The molecule has 1 atom stereocenters. The van der Waals surface area contributed by atoms with E-state index in [1.165, 1.54) is 43.1 Å². The molecule has 0 N–H and O–H groups in total. The Kier molecular flexibility index (Phi) is 12.0. The van der Waals surface area contributed by atoms with Crippen LogP contribution in [0, 0.1) is 5.41 Å². The zero-order valence-corrected chi connectivity index (χ0v) is 20.9. The van der Waals surface area contributed by atoms with Crippen LogP contribution in [0.3, 0.4) is 0 Å². The van der Waals surface area contributed by atoms with Crippen LogP contribution >= 0.6 is 0 Å². The van der Waals surface area contributed by atoms with Crippen molar-refractivity contribution in [2.45, 2.75) is 106 Å². The van der Waals surface area contributed by atoms with Crippen molar-refractivity contribution in [3.63, 3.8) is 0 Å². The summed E-state index contributed by atoms with van der Waals surface area (Å²) < 4.78 is 11.8. The van der Waals surface area contributed by atoms with E-state index in [9.17, 15) is 0 Å². The van der Waals surface area contributed by atoms with Gasteiger partial charge in [0, 0.05) is 0 Å². The second-order valence-electron chi connectivity index (χ2n) is 8.64. The zero-order chi connectivity index (χ0) is 17.2. The van der Waals surface area contributed by atoms with Crippen LogP contribution in [0.1, 0.15) is 80.1 Å². The monoisotopic (exact) mass is 436 g/mol. The first kappa shape index (κ1) is 23.0.